The van der Waals surface area contributed by atoms with Crippen molar-refractivity contribution < 1.29 is 14.3 Å². The third kappa shape index (κ3) is 4.63. The summed E-state index contributed by atoms with van der Waals surface area (Å²) in [4.78, 5) is 24.5. The van der Waals surface area contributed by atoms with Crippen LogP contribution < -0.4 is 15.4 Å². The zero-order valence-electron chi connectivity index (χ0n) is 15.1. The normalized spacial score (nSPS) is 18.1. The van der Waals surface area contributed by atoms with Crippen molar-refractivity contribution in [2.45, 2.75) is 26.8 Å². The Morgan fingerprint density at radius 2 is 1.65 bits per heavy atom. The molecule has 0 bridgehead atoms. The largest absolute Gasteiger partial charge is 0.494 e. The van der Waals surface area contributed by atoms with E-state index < -0.39 is 0 Å². The van der Waals surface area contributed by atoms with Gasteiger partial charge in [-0.25, -0.2) is 0 Å². The summed E-state index contributed by atoms with van der Waals surface area (Å²) in [6.45, 7) is 5.04. The van der Waals surface area contributed by atoms with Crippen molar-refractivity contribution in [3.05, 3.63) is 59.7 Å². The molecular weight excluding hydrogens is 328 g/mol. The van der Waals surface area contributed by atoms with E-state index in [0.717, 1.165) is 11.3 Å². The lowest BCUT2D eigenvalue weighted by Gasteiger charge is -2.08. The monoisotopic (exact) mass is 352 g/mol. The minimum Gasteiger partial charge on any atom is -0.494 e. The molecule has 0 heterocycles. The molecule has 0 saturated heterocycles. The molecule has 2 N–H and O–H groups in total. The molecule has 2 aromatic rings. The molecule has 0 aromatic heterocycles. The van der Waals surface area contributed by atoms with Crippen molar-refractivity contribution >= 4 is 17.5 Å². The number of anilines is 1. The molecule has 5 nitrogen and oxygen atoms in total. The van der Waals surface area contributed by atoms with Crippen molar-refractivity contribution in [1.82, 2.24) is 5.32 Å². The predicted molar refractivity (Wildman–Crippen MR) is 101 cm³/mol. The first-order valence-corrected chi connectivity index (χ1v) is 8.94. The van der Waals surface area contributed by atoms with Gasteiger partial charge in [0.15, 0.2) is 0 Å². The molecular formula is C21H24N2O3. The third-order valence-corrected chi connectivity index (χ3v) is 4.48. The number of amides is 2. The second kappa shape index (κ2) is 8.04. The molecule has 1 aliphatic rings. The molecule has 2 aromatic carbocycles. The summed E-state index contributed by atoms with van der Waals surface area (Å²) in [6.07, 6.45) is 0.600. The highest BCUT2D eigenvalue weighted by atomic mass is 16.5. The van der Waals surface area contributed by atoms with Gasteiger partial charge in [-0.2, -0.15) is 0 Å². The molecule has 2 atom stereocenters. The molecule has 5 heteroatoms. The lowest BCUT2D eigenvalue weighted by atomic mass is 10.1. The first-order chi connectivity index (χ1) is 12.6. The van der Waals surface area contributed by atoms with E-state index in [2.05, 4.69) is 10.6 Å². The summed E-state index contributed by atoms with van der Waals surface area (Å²) >= 11 is 0. The van der Waals surface area contributed by atoms with Crippen LogP contribution in [-0.2, 0) is 16.1 Å². The molecule has 3 rings (SSSR count). The van der Waals surface area contributed by atoms with Gasteiger partial charge < -0.3 is 15.4 Å². The van der Waals surface area contributed by atoms with Gasteiger partial charge in [-0.3, -0.25) is 9.59 Å². The third-order valence-electron chi connectivity index (χ3n) is 4.48. The number of rotatable bonds is 7. The molecule has 2 amide bonds. The fraction of sp³-hybridized carbons (Fsp3) is 0.333. The molecule has 0 aliphatic heterocycles. The van der Waals surface area contributed by atoms with Gasteiger partial charge in [-0.05, 0) is 50.1 Å². The Hall–Kier alpha value is -2.82. The number of ether oxygens (including phenoxy) is 1. The van der Waals surface area contributed by atoms with E-state index in [0.29, 0.717) is 25.3 Å². The second-order valence-corrected chi connectivity index (χ2v) is 6.60. The average Bonchev–Trinajstić information content (AvgIpc) is 3.44. The first-order valence-electron chi connectivity index (χ1n) is 8.94. The van der Waals surface area contributed by atoms with Crippen LogP contribution in [0, 0.1) is 18.8 Å². The predicted octanol–water partition coefficient (Wildman–Crippen LogP) is 3.28. The van der Waals surface area contributed by atoms with Crippen LogP contribution in [0.3, 0.4) is 0 Å². The van der Waals surface area contributed by atoms with Crippen LogP contribution in [0.2, 0.25) is 0 Å². The summed E-state index contributed by atoms with van der Waals surface area (Å²) in [5.74, 6) is 0.120. The van der Waals surface area contributed by atoms with E-state index in [1.54, 1.807) is 12.1 Å². The molecule has 1 fully saturated rings. The Balaban J connectivity index is 1.45. The number of carbonyl (C=O) groups excluding carboxylic acids is 2. The molecule has 0 spiro atoms. The maximum absolute atomic E-state index is 12.3. The number of aryl methyl sites for hydroxylation is 1. The molecule has 1 saturated carbocycles. The number of nitrogens with one attached hydrogen (secondary N) is 2. The maximum Gasteiger partial charge on any atom is 0.228 e. The minimum absolute atomic E-state index is 0.0579. The van der Waals surface area contributed by atoms with Crippen LogP contribution in [0.15, 0.2) is 48.5 Å². The fourth-order valence-electron chi connectivity index (χ4n) is 2.84. The highest BCUT2D eigenvalue weighted by Crippen LogP contribution is 2.39. The summed E-state index contributed by atoms with van der Waals surface area (Å²) < 4.78 is 5.38. The molecule has 26 heavy (non-hydrogen) atoms. The molecule has 1 aliphatic carbocycles. The van der Waals surface area contributed by atoms with E-state index in [-0.39, 0.29) is 23.7 Å². The van der Waals surface area contributed by atoms with Crippen molar-refractivity contribution in [2.24, 2.45) is 11.8 Å². The van der Waals surface area contributed by atoms with Crippen LogP contribution in [0.1, 0.15) is 24.5 Å². The van der Waals surface area contributed by atoms with Crippen LogP contribution in [-0.4, -0.2) is 18.4 Å². The Labute approximate surface area is 153 Å². The Morgan fingerprint density at radius 3 is 2.31 bits per heavy atom. The highest BCUT2D eigenvalue weighted by molar-refractivity contribution is 5.99. The average molecular weight is 352 g/mol. The quantitative estimate of drug-likeness (QED) is 0.803. The smallest absolute Gasteiger partial charge is 0.228 e. The van der Waals surface area contributed by atoms with Crippen LogP contribution >= 0.6 is 0 Å². The van der Waals surface area contributed by atoms with Crippen molar-refractivity contribution in [1.29, 1.82) is 0 Å². The van der Waals surface area contributed by atoms with E-state index in [1.165, 1.54) is 5.56 Å². The van der Waals surface area contributed by atoms with Crippen LogP contribution in [0.5, 0.6) is 5.75 Å². The van der Waals surface area contributed by atoms with Gasteiger partial charge in [0, 0.05) is 12.2 Å². The van der Waals surface area contributed by atoms with Gasteiger partial charge >= 0.3 is 0 Å². The van der Waals surface area contributed by atoms with E-state index in [1.807, 2.05) is 50.2 Å². The SMILES string of the molecule is CCOc1ccc(NC(=O)C2CC2C(=O)NCc2ccc(C)cc2)cc1. The topological polar surface area (TPSA) is 67.4 Å². The van der Waals surface area contributed by atoms with E-state index in [4.69, 9.17) is 4.74 Å². The Morgan fingerprint density at radius 1 is 1.00 bits per heavy atom. The van der Waals surface area contributed by atoms with Crippen LogP contribution in [0.4, 0.5) is 5.69 Å². The van der Waals surface area contributed by atoms with E-state index >= 15 is 0 Å². The van der Waals surface area contributed by atoms with E-state index in [9.17, 15) is 9.59 Å². The van der Waals surface area contributed by atoms with Gasteiger partial charge in [-0.1, -0.05) is 29.8 Å². The lowest BCUT2D eigenvalue weighted by molar-refractivity contribution is -0.125. The standard InChI is InChI=1S/C21H24N2O3/c1-3-26-17-10-8-16(9-11-17)23-21(25)19-12-18(19)20(24)22-13-15-6-4-14(2)5-7-15/h4-11,18-19H,3,12-13H2,1-2H3,(H,22,24)(H,23,25). The zero-order chi connectivity index (χ0) is 18.5. The Bertz CT molecular complexity index is 769. The van der Waals surface area contributed by atoms with Crippen molar-refractivity contribution in [3.8, 4) is 5.75 Å². The van der Waals surface area contributed by atoms with Gasteiger partial charge in [-0.15, -0.1) is 0 Å². The lowest BCUT2D eigenvalue weighted by Crippen LogP contribution is -2.27. The number of carbonyl (C=O) groups is 2. The zero-order valence-corrected chi connectivity index (χ0v) is 15.1. The Kier molecular flexibility index (Phi) is 5.56. The van der Waals surface area contributed by atoms with Crippen molar-refractivity contribution in [3.63, 3.8) is 0 Å². The van der Waals surface area contributed by atoms with Gasteiger partial charge in [0.25, 0.3) is 0 Å². The first kappa shape index (κ1) is 18.0. The maximum atomic E-state index is 12.3. The number of hydrogen-bond acceptors (Lipinski definition) is 3. The van der Waals surface area contributed by atoms with Crippen molar-refractivity contribution in [2.75, 3.05) is 11.9 Å². The summed E-state index contributed by atoms with van der Waals surface area (Å²) in [5.41, 5.74) is 2.96. The molecule has 2 unspecified atom stereocenters. The number of benzene rings is 2. The minimum atomic E-state index is -0.250. The summed E-state index contributed by atoms with van der Waals surface area (Å²) in [6, 6.07) is 15.3. The van der Waals surface area contributed by atoms with Gasteiger partial charge in [0.2, 0.25) is 11.8 Å². The summed E-state index contributed by atoms with van der Waals surface area (Å²) in [5, 5.41) is 5.78. The second-order valence-electron chi connectivity index (χ2n) is 6.60. The molecule has 0 radical (unpaired) electrons. The van der Waals surface area contributed by atoms with Gasteiger partial charge in [0.1, 0.15) is 5.75 Å². The van der Waals surface area contributed by atoms with Crippen LogP contribution in [0.25, 0.3) is 0 Å². The fourth-order valence-corrected chi connectivity index (χ4v) is 2.84. The molecule has 136 valence electrons. The summed E-state index contributed by atoms with van der Waals surface area (Å²) in [7, 11) is 0. The highest BCUT2D eigenvalue weighted by Gasteiger charge is 2.47. The number of hydrogen-bond donors (Lipinski definition) is 2. The van der Waals surface area contributed by atoms with Gasteiger partial charge in [0.05, 0.1) is 18.4 Å².